The molecule has 8 heteroatoms. The van der Waals surface area contributed by atoms with Gasteiger partial charge in [-0.15, -0.1) is 0 Å². The fraction of sp³-hybridized carbons (Fsp3) is 0.524. The fourth-order valence-electron chi connectivity index (χ4n) is 4.08. The molecule has 4 rings (SSSR count). The van der Waals surface area contributed by atoms with Gasteiger partial charge >= 0.3 is 0 Å². The third-order valence-corrected chi connectivity index (χ3v) is 5.86. The summed E-state index contributed by atoms with van der Waals surface area (Å²) < 4.78 is 17.7. The van der Waals surface area contributed by atoms with Crippen LogP contribution in [-0.2, 0) is 4.74 Å². The molecule has 1 aliphatic carbocycles. The van der Waals surface area contributed by atoms with Crippen molar-refractivity contribution in [1.82, 2.24) is 9.97 Å². The van der Waals surface area contributed by atoms with Gasteiger partial charge in [-0.05, 0) is 49.8 Å². The number of nitrogens with zero attached hydrogens (tertiary/aromatic N) is 3. The van der Waals surface area contributed by atoms with Crippen LogP contribution in [0, 0.1) is 0 Å². The Morgan fingerprint density at radius 3 is 2.79 bits per heavy atom. The van der Waals surface area contributed by atoms with Gasteiger partial charge in [0.2, 0.25) is 5.95 Å². The van der Waals surface area contributed by atoms with Crippen LogP contribution in [0.1, 0.15) is 43.7 Å². The molecule has 2 aromatic rings. The summed E-state index contributed by atoms with van der Waals surface area (Å²) in [7, 11) is 1.65. The van der Waals surface area contributed by atoms with Crippen molar-refractivity contribution in [1.29, 1.82) is 0 Å². The SMILES string of the molecule is COc1cc(C2COCCCN2c2ccnc(N)n2)c(Cl)cc1OC1CCCC1. The molecule has 2 aliphatic rings. The Hall–Kier alpha value is -2.25. The molecule has 1 saturated carbocycles. The Kier molecular flexibility index (Phi) is 6.25. The number of rotatable bonds is 5. The predicted octanol–water partition coefficient (Wildman–Crippen LogP) is 4.01. The van der Waals surface area contributed by atoms with Gasteiger partial charge in [-0.3, -0.25) is 0 Å². The van der Waals surface area contributed by atoms with E-state index < -0.39 is 0 Å². The lowest BCUT2D eigenvalue weighted by Crippen LogP contribution is -2.31. The highest BCUT2D eigenvalue weighted by atomic mass is 35.5. The quantitative estimate of drug-likeness (QED) is 0.785. The number of hydrogen-bond donors (Lipinski definition) is 1. The molecule has 1 saturated heterocycles. The summed E-state index contributed by atoms with van der Waals surface area (Å²) in [5.41, 5.74) is 6.74. The molecule has 1 unspecified atom stereocenters. The zero-order valence-corrected chi connectivity index (χ0v) is 17.4. The van der Waals surface area contributed by atoms with Crippen LogP contribution in [0.25, 0.3) is 0 Å². The average Bonchev–Trinajstić information content (AvgIpc) is 3.10. The minimum Gasteiger partial charge on any atom is -0.493 e. The molecule has 29 heavy (non-hydrogen) atoms. The summed E-state index contributed by atoms with van der Waals surface area (Å²) in [6, 6.07) is 5.57. The predicted molar refractivity (Wildman–Crippen MR) is 113 cm³/mol. The highest BCUT2D eigenvalue weighted by Gasteiger charge is 2.28. The molecule has 7 nitrogen and oxygen atoms in total. The number of methoxy groups -OCH3 is 1. The Bertz CT molecular complexity index is 845. The highest BCUT2D eigenvalue weighted by molar-refractivity contribution is 6.31. The summed E-state index contributed by atoms with van der Waals surface area (Å²) >= 11 is 6.74. The van der Waals surface area contributed by atoms with E-state index in [1.54, 1.807) is 13.3 Å². The van der Waals surface area contributed by atoms with Crippen LogP contribution < -0.4 is 20.1 Å². The molecule has 1 aliphatic heterocycles. The zero-order chi connectivity index (χ0) is 20.2. The van der Waals surface area contributed by atoms with Gasteiger partial charge in [0.05, 0.1) is 25.9 Å². The van der Waals surface area contributed by atoms with Crippen LogP contribution >= 0.6 is 11.6 Å². The molecule has 0 radical (unpaired) electrons. The first-order valence-corrected chi connectivity index (χ1v) is 10.5. The van der Waals surface area contributed by atoms with Crippen LogP contribution in [0.15, 0.2) is 24.4 Å². The van der Waals surface area contributed by atoms with Crippen molar-refractivity contribution in [3.63, 3.8) is 0 Å². The Morgan fingerprint density at radius 2 is 2.03 bits per heavy atom. The minimum absolute atomic E-state index is 0.117. The molecule has 2 fully saturated rings. The minimum atomic E-state index is -0.117. The van der Waals surface area contributed by atoms with E-state index in [0.29, 0.717) is 29.7 Å². The first-order valence-electron chi connectivity index (χ1n) is 10.1. The molecule has 2 heterocycles. The second kappa shape index (κ2) is 9.05. The Labute approximate surface area is 176 Å². The number of ether oxygens (including phenoxy) is 3. The van der Waals surface area contributed by atoms with Gasteiger partial charge in [-0.2, -0.15) is 4.98 Å². The second-order valence-electron chi connectivity index (χ2n) is 7.46. The van der Waals surface area contributed by atoms with Crippen LogP contribution in [0.2, 0.25) is 5.02 Å². The second-order valence-corrected chi connectivity index (χ2v) is 7.87. The topological polar surface area (TPSA) is 82.7 Å². The lowest BCUT2D eigenvalue weighted by molar-refractivity contribution is 0.134. The van der Waals surface area contributed by atoms with Crippen LogP contribution in [0.4, 0.5) is 11.8 Å². The van der Waals surface area contributed by atoms with Crippen molar-refractivity contribution in [2.75, 3.05) is 37.5 Å². The maximum Gasteiger partial charge on any atom is 0.221 e. The monoisotopic (exact) mass is 418 g/mol. The number of nitrogens with two attached hydrogens (primary N) is 1. The first-order chi connectivity index (χ1) is 14.2. The van der Waals surface area contributed by atoms with Gasteiger partial charge in [-0.25, -0.2) is 4.98 Å². The molecule has 156 valence electrons. The lowest BCUT2D eigenvalue weighted by atomic mass is 10.0. The number of nitrogen functional groups attached to an aromatic ring is 1. The van der Waals surface area contributed by atoms with E-state index in [1.165, 1.54) is 12.8 Å². The zero-order valence-electron chi connectivity index (χ0n) is 16.6. The molecule has 2 N–H and O–H groups in total. The molecule has 1 aromatic carbocycles. The normalized spacial score (nSPS) is 20.5. The van der Waals surface area contributed by atoms with Gasteiger partial charge in [0.1, 0.15) is 5.82 Å². The van der Waals surface area contributed by atoms with Gasteiger partial charge in [0.15, 0.2) is 11.5 Å². The van der Waals surface area contributed by atoms with Gasteiger partial charge < -0.3 is 24.8 Å². The van der Waals surface area contributed by atoms with E-state index in [-0.39, 0.29) is 18.1 Å². The number of halogens is 1. The van der Waals surface area contributed by atoms with Gasteiger partial charge in [0.25, 0.3) is 0 Å². The fourth-order valence-corrected chi connectivity index (χ4v) is 4.36. The van der Waals surface area contributed by atoms with E-state index in [4.69, 9.17) is 31.5 Å². The smallest absolute Gasteiger partial charge is 0.221 e. The number of aromatic nitrogens is 2. The highest BCUT2D eigenvalue weighted by Crippen LogP contribution is 2.40. The van der Waals surface area contributed by atoms with Crippen LogP contribution in [0.5, 0.6) is 11.5 Å². The summed E-state index contributed by atoms with van der Waals surface area (Å²) in [6.45, 7) is 1.96. The summed E-state index contributed by atoms with van der Waals surface area (Å²) in [5, 5.41) is 0.626. The number of anilines is 2. The van der Waals surface area contributed by atoms with Crippen molar-refractivity contribution in [3.05, 3.63) is 35.0 Å². The number of hydrogen-bond acceptors (Lipinski definition) is 7. The maximum absolute atomic E-state index is 6.74. The van der Waals surface area contributed by atoms with Crippen LogP contribution in [0.3, 0.4) is 0 Å². The van der Waals surface area contributed by atoms with E-state index in [9.17, 15) is 0 Å². The lowest BCUT2D eigenvalue weighted by Gasteiger charge is -2.31. The first kappa shape index (κ1) is 20.0. The average molecular weight is 419 g/mol. The third-order valence-electron chi connectivity index (χ3n) is 5.53. The molecular weight excluding hydrogens is 392 g/mol. The van der Waals surface area contributed by atoms with Crippen molar-refractivity contribution < 1.29 is 14.2 Å². The molecule has 0 amide bonds. The largest absolute Gasteiger partial charge is 0.493 e. The van der Waals surface area contributed by atoms with E-state index in [1.807, 2.05) is 18.2 Å². The van der Waals surface area contributed by atoms with E-state index in [0.717, 1.165) is 37.2 Å². The molecule has 0 bridgehead atoms. The van der Waals surface area contributed by atoms with Crippen molar-refractivity contribution in [2.24, 2.45) is 0 Å². The van der Waals surface area contributed by atoms with E-state index in [2.05, 4.69) is 14.9 Å². The summed E-state index contributed by atoms with van der Waals surface area (Å²) in [6.07, 6.45) is 7.33. The maximum atomic E-state index is 6.74. The van der Waals surface area contributed by atoms with Crippen molar-refractivity contribution >= 4 is 23.4 Å². The van der Waals surface area contributed by atoms with E-state index >= 15 is 0 Å². The number of benzene rings is 1. The Balaban J connectivity index is 1.68. The third kappa shape index (κ3) is 4.51. The standard InChI is InChI=1S/C21H27ClN4O3/c1-27-18-11-15(16(22)12-19(18)29-14-5-2-3-6-14)17-13-28-10-4-9-26(17)20-7-8-24-21(23)25-20/h7-8,11-12,14,17H,2-6,9-10,13H2,1H3,(H2,23,24,25). The molecule has 1 atom stereocenters. The van der Waals surface area contributed by atoms with Gasteiger partial charge in [-0.1, -0.05) is 11.6 Å². The summed E-state index contributed by atoms with van der Waals surface area (Å²) in [5.74, 6) is 2.38. The van der Waals surface area contributed by atoms with Crippen LogP contribution in [-0.4, -0.2) is 42.9 Å². The molecular formula is C21H27ClN4O3. The van der Waals surface area contributed by atoms with Crippen molar-refractivity contribution in [3.8, 4) is 11.5 Å². The Morgan fingerprint density at radius 1 is 1.21 bits per heavy atom. The van der Waals surface area contributed by atoms with Crippen molar-refractivity contribution in [2.45, 2.75) is 44.2 Å². The molecule has 0 spiro atoms. The summed E-state index contributed by atoms with van der Waals surface area (Å²) in [4.78, 5) is 10.6. The van der Waals surface area contributed by atoms with Gasteiger partial charge in [0, 0.05) is 30.4 Å². The molecule has 1 aromatic heterocycles.